The number of hydrogen-bond acceptors (Lipinski definition) is 5. The van der Waals surface area contributed by atoms with E-state index in [-0.39, 0.29) is 5.56 Å². The highest BCUT2D eigenvalue weighted by Gasteiger charge is 2.19. The maximum atomic E-state index is 12.8. The maximum absolute atomic E-state index is 12.8. The number of rotatable bonds is 7. The van der Waals surface area contributed by atoms with Gasteiger partial charge in [0.25, 0.3) is 5.56 Å². The van der Waals surface area contributed by atoms with Crippen molar-refractivity contribution in [1.29, 1.82) is 0 Å². The zero-order valence-corrected chi connectivity index (χ0v) is 20.2. The minimum atomic E-state index is 0.0631. The van der Waals surface area contributed by atoms with Crippen molar-refractivity contribution in [2.24, 2.45) is 0 Å². The van der Waals surface area contributed by atoms with Gasteiger partial charge in [0.2, 0.25) is 0 Å². The zero-order valence-electron chi connectivity index (χ0n) is 19.3. The summed E-state index contributed by atoms with van der Waals surface area (Å²) in [6.45, 7) is 6.65. The Morgan fingerprint density at radius 1 is 1.06 bits per heavy atom. The molecule has 0 saturated carbocycles. The summed E-state index contributed by atoms with van der Waals surface area (Å²) in [7, 11) is 1.67. The number of nitrogens with one attached hydrogen (secondary N) is 1. The summed E-state index contributed by atoms with van der Waals surface area (Å²) in [5.74, 6) is 0.784. The largest absolute Gasteiger partial charge is 0.497 e. The molecule has 4 aromatic rings. The van der Waals surface area contributed by atoms with Crippen molar-refractivity contribution in [3.05, 3.63) is 75.4 Å². The lowest BCUT2D eigenvalue weighted by atomic mass is 10.0. The van der Waals surface area contributed by atoms with Crippen LogP contribution in [0.3, 0.4) is 0 Å². The Morgan fingerprint density at radius 3 is 2.67 bits per heavy atom. The van der Waals surface area contributed by atoms with Gasteiger partial charge in [-0.05, 0) is 68.1 Å². The Balaban J connectivity index is 1.17. The molecule has 1 N–H and O–H groups in total. The number of nitrogens with zero attached hydrogens (tertiary/aromatic N) is 2. The van der Waals surface area contributed by atoms with E-state index in [2.05, 4.69) is 40.5 Å². The van der Waals surface area contributed by atoms with E-state index in [0.29, 0.717) is 12.6 Å². The average Bonchev–Trinajstić information content (AvgIpc) is 3.26. The van der Waals surface area contributed by atoms with Crippen molar-refractivity contribution in [1.82, 2.24) is 14.8 Å². The molecule has 172 valence electrons. The third-order valence-corrected chi connectivity index (χ3v) is 7.91. The highest BCUT2D eigenvalue weighted by Crippen LogP contribution is 2.26. The molecule has 0 atom stereocenters. The molecular formula is C27H31N3O2S. The lowest BCUT2D eigenvalue weighted by molar-refractivity contribution is 0.191. The van der Waals surface area contributed by atoms with Gasteiger partial charge in [-0.2, -0.15) is 0 Å². The number of aromatic nitrogens is 1. The number of ether oxygens (including phenoxy) is 1. The fraction of sp³-hybridized carbons (Fsp3) is 0.370. The average molecular weight is 462 g/mol. The molecule has 2 aromatic heterocycles. The van der Waals surface area contributed by atoms with Gasteiger partial charge in [-0.3, -0.25) is 4.79 Å². The summed E-state index contributed by atoms with van der Waals surface area (Å²) in [5.41, 5.74) is 2.03. The van der Waals surface area contributed by atoms with Crippen LogP contribution in [0.15, 0.2) is 59.4 Å². The number of thiophene rings is 1. The molecule has 0 spiro atoms. The van der Waals surface area contributed by atoms with Crippen molar-refractivity contribution < 1.29 is 4.74 Å². The van der Waals surface area contributed by atoms with Crippen molar-refractivity contribution in [2.75, 3.05) is 26.7 Å². The van der Waals surface area contributed by atoms with E-state index in [1.807, 2.05) is 41.0 Å². The highest BCUT2D eigenvalue weighted by molar-refractivity contribution is 7.19. The third kappa shape index (κ3) is 4.83. The van der Waals surface area contributed by atoms with Crippen LogP contribution in [0, 0.1) is 6.92 Å². The molecule has 3 heterocycles. The Morgan fingerprint density at radius 2 is 1.88 bits per heavy atom. The van der Waals surface area contributed by atoms with Crippen LogP contribution in [-0.2, 0) is 13.1 Å². The van der Waals surface area contributed by atoms with Gasteiger partial charge in [0, 0.05) is 52.8 Å². The molecule has 1 aliphatic heterocycles. The summed E-state index contributed by atoms with van der Waals surface area (Å²) in [5, 5.41) is 6.21. The molecule has 6 heteroatoms. The lowest BCUT2D eigenvalue weighted by Gasteiger charge is -2.32. The number of pyridine rings is 1. The summed E-state index contributed by atoms with van der Waals surface area (Å²) in [6, 6.07) is 19.2. The first-order valence-corrected chi connectivity index (χ1v) is 12.5. The van der Waals surface area contributed by atoms with Gasteiger partial charge < -0.3 is 19.5 Å². The Kier molecular flexibility index (Phi) is 6.49. The molecule has 5 rings (SSSR count). The van der Waals surface area contributed by atoms with E-state index in [1.165, 1.54) is 15.0 Å². The van der Waals surface area contributed by atoms with Crippen LogP contribution in [0.4, 0.5) is 0 Å². The number of benzene rings is 2. The minimum absolute atomic E-state index is 0.0631. The summed E-state index contributed by atoms with van der Waals surface area (Å²) in [6.07, 6.45) is 2.28. The predicted octanol–water partition coefficient (Wildman–Crippen LogP) is 4.79. The number of fused-ring (bicyclic) bond motifs is 2. The second-order valence-electron chi connectivity index (χ2n) is 8.95. The van der Waals surface area contributed by atoms with Gasteiger partial charge in [0.1, 0.15) is 5.75 Å². The summed E-state index contributed by atoms with van der Waals surface area (Å²) < 4.78 is 8.66. The van der Waals surface area contributed by atoms with Crippen LogP contribution in [0.1, 0.15) is 23.3 Å². The first-order chi connectivity index (χ1) is 16.1. The minimum Gasteiger partial charge on any atom is -0.497 e. The number of hydrogen-bond donors (Lipinski definition) is 1. The molecule has 0 radical (unpaired) electrons. The molecule has 0 aliphatic carbocycles. The predicted molar refractivity (Wildman–Crippen MR) is 138 cm³/mol. The van der Waals surface area contributed by atoms with E-state index in [4.69, 9.17) is 4.74 Å². The molecular weight excluding hydrogens is 430 g/mol. The van der Waals surface area contributed by atoms with E-state index in [1.54, 1.807) is 13.2 Å². The molecule has 2 aromatic carbocycles. The highest BCUT2D eigenvalue weighted by atomic mass is 32.1. The summed E-state index contributed by atoms with van der Waals surface area (Å²) >= 11 is 1.88. The number of aryl methyl sites for hydroxylation is 1. The van der Waals surface area contributed by atoms with Crippen LogP contribution in [0.2, 0.25) is 0 Å². The quantitative estimate of drug-likeness (QED) is 0.430. The van der Waals surface area contributed by atoms with Crippen molar-refractivity contribution >= 4 is 32.3 Å². The van der Waals surface area contributed by atoms with E-state index in [9.17, 15) is 4.79 Å². The molecule has 1 aliphatic rings. The Hall–Kier alpha value is -2.67. The van der Waals surface area contributed by atoms with E-state index in [0.717, 1.165) is 61.2 Å². The van der Waals surface area contributed by atoms with Gasteiger partial charge in [-0.25, -0.2) is 0 Å². The van der Waals surface area contributed by atoms with Crippen LogP contribution in [0.25, 0.3) is 21.0 Å². The van der Waals surface area contributed by atoms with Crippen molar-refractivity contribution in [3.8, 4) is 5.75 Å². The maximum Gasteiger partial charge on any atom is 0.251 e. The molecule has 0 amide bonds. The Labute approximate surface area is 198 Å². The normalized spacial score (nSPS) is 15.5. The molecule has 1 fully saturated rings. The molecule has 1 saturated heterocycles. The fourth-order valence-corrected chi connectivity index (χ4v) is 5.87. The van der Waals surface area contributed by atoms with Gasteiger partial charge >= 0.3 is 0 Å². The number of likely N-dealkylation sites (tertiary alicyclic amines) is 1. The van der Waals surface area contributed by atoms with Gasteiger partial charge in [-0.1, -0.05) is 18.2 Å². The van der Waals surface area contributed by atoms with E-state index >= 15 is 0 Å². The van der Waals surface area contributed by atoms with Gasteiger partial charge in [0.15, 0.2) is 0 Å². The molecule has 0 unspecified atom stereocenters. The summed E-state index contributed by atoms with van der Waals surface area (Å²) in [4.78, 5) is 16.6. The molecule has 33 heavy (non-hydrogen) atoms. The Bertz CT molecular complexity index is 1290. The van der Waals surface area contributed by atoms with E-state index < -0.39 is 0 Å². The number of piperidine rings is 1. The smallest absolute Gasteiger partial charge is 0.251 e. The first kappa shape index (κ1) is 22.1. The fourth-order valence-electron chi connectivity index (χ4n) is 4.86. The third-order valence-electron chi connectivity index (χ3n) is 6.80. The van der Waals surface area contributed by atoms with Crippen LogP contribution < -0.4 is 15.6 Å². The lowest BCUT2D eigenvalue weighted by Crippen LogP contribution is -2.43. The molecule has 0 bridgehead atoms. The van der Waals surface area contributed by atoms with Crippen LogP contribution in [-0.4, -0.2) is 42.3 Å². The van der Waals surface area contributed by atoms with Crippen molar-refractivity contribution in [3.63, 3.8) is 0 Å². The van der Waals surface area contributed by atoms with Crippen LogP contribution >= 0.6 is 11.3 Å². The second kappa shape index (κ2) is 9.67. The van der Waals surface area contributed by atoms with Gasteiger partial charge in [0.05, 0.1) is 12.6 Å². The first-order valence-electron chi connectivity index (χ1n) is 11.7. The van der Waals surface area contributed by atoms with Gasteiger partial charge in [-0.15, -0.1) is 11.3 Å². The standard InChI is InChI=1S/C27H31N3O2S/c1-19-15-27(31)30(25-17-22(32-2)7-8-24(19)25)14-13-29-11-9-21(10-12-29)28-18-23-16-20-5-3-4-6-26(20)33-23/h3-8,15-17,21,28H,9-14,18H2,1-2H3. The number of methoxy groups -OCH3 is 1. The SMILES string of the molecule is COc1ccc2c(C)cc(=O)n(CCN3CCC(NCc4cc5ccccc5s4)CC3)c2c1. The van der Waals surface area contributed by atoms with Crippen LogP contribution in [0.5, 0.6) is 5.75 Å². The monoisotopic (exact) mass is 461 g/mol. The topological polar surface area (TPSA) is 46.5 Å². The zero-order chi connectivity index (χ0) is 22.8. The van der Waals surface area contributed by atoms with Crippen molar-refractivity contribution in [2.45, 2.75) is 38.9 Å². The second-order valence-corrected chi connectivity index (χ2v) is 10.1. The molecule has 5 nitrogen and oxygen atoms in total.